The smallest absolute Gasteiger partial charge is 0.410 e. The first-order valence-corrected chi connectivity index (χ1v) is 11.0. The van der Waals surface area contributed by atoms with E-state index in [1.165, 1.54) is 9.80 Å². The maximum Gasteiger partial charge on any atom is 0.410 e. The fourth-order valence-corrected chi connectivity index (χ4v) is 3.16. The molecule has 0 bridgehead atoms. The van der Waals surface area contributed by atoms with Gasteiger partial charge in [0, 0.05) is 25.7 Å². The van der Waals surface area contributed by atoms with E-state index in [4.69, 9.17) is 15.9 Å². The lowest BCUT2D eigenvalue weighted by atomic mass is 10.2. The maximum atomic E-state index is 12.9. The highest BCUT2D eigenvalue weighted by Crippen LogP contribution is 2.16. The summed E-state index contributed by atoms with van der Waals surface area (Å²) in [5.41, 5.74) is 2.55. The van der Waals surface area contributed by atoms with Gasteiger partial charge in [-0.1, -0.05) is 36.3 Å². The first-order chi connectivity index (χ1) is 16.1. The number of hydrogen-bond acceptors (Lipinski definition) is 5. The number of rotatable bonds is 7. The second-order valence-electron chi connectivity index (χ2n) is 8.92. The molecule has 1 heterocycles. The monoisotopic (exact) mass is 462 g/mol. The summed E-state index contributed by atoms with van der Waals surface area (Å²) in [6.07, 6.45) is 4.51. The lowest BCUT2D eigenvalue weighted by Gasteiger charge is -2.27. The Kier molecular flexibility index (Phi) is 7.79. The quantitative estimate of drug-likeness (QED) is 0.521. The summed E-state index contributed by atoms with van der Waals surface area (Å²) in [7, 11) is 1.63. The Labute approximate surface area is 199 Å². The van der Waals surface area contributed by atoms with Crippen LogP contribution < -0.4 is 0 Å². The van der Waals surface area contributed by atoms with E-state index < -0.39 is 17.8 Å². The van der Waals surface area contributed by atoms with Gasteiger partial charge in [-0.3, -0.25) is 4.90 Å². The molecule has 1 aromatic heterocycles. The standard InChI is InChI=1S/C26H30N4O4/c1-6-19-12-13-21-22(16-19)28-23(27-21)17-30(15-14-29(5)24(31)34-26(2,3)4)25(32)33-18-20-10-8-7-9-11-20/h1,7-13,16H,14-15,17-18H2,2-5H3,(H,27,28). The summed E-state index contributed by atoms with van der Waals surface area (Å²) in [6.45, 7) is 6.23. The van der Waals surface area contributed by atoms with Gasteiger partial charge in [-0.15, -0.1) is 6.42 Å². The van der Waals surface area contributed by atoms with Gasteiger partial charge in [-0.25, -0.2) is 14.6 Å². The van der Waals surface area contributed by atoms with Crippen molar-refractivity contribution in [2.75, 3.05) is 20.1 Å². The van der Waals surface area contributed by atoms with Crippen LogP contribution in [0.4, 0.5) is 9.59 Å². The van der Waals surface area contributed by atoms with Gasteiger partial charge < -0.3 is 19.4 Å². The van der Waals surface area contributed by atoms with Crippen molar-refractivity contribution in [3.05, 3.63) is 65.5 Å². The van der Waals surface area contributed by atoms with Crippen LogP contribution in [0, 0.1) is 12.3 Å². The summed E-state index contributed by atoms with van der Waals surface area (Å²) < 4.78 is 10.9. The number of likely N-dealkylation sites (N-methyl/N-ethyl adjacent to an activating group) is 1. The minimum atomic E-state index is -0.606. The number of hydrogen-bond donors (Lipinski definition) is 1. The normalized spacial score (nSPS) is 11.0. The Morgan fingerprint density at radius 1 is 1.09 bits per heavy atom. The second-order valence-corrected chi connectivity index (χ2v) is 8.92. The molecule has 0 atom stereocenters. The van der Waals surface area contributed by atoms with E-state index in [1.54, 1.807) is 27.8 Å². The summed E-state index contributed by atoms with van der Waals surface area (Å²) in [5.74, 6) is 3.18. The molecule has 3 rings (SSSR count). The van der Waals surface area contributed by atoms with Crippen LogP contribution in [0.25, 0.3) is 11.0 Å². The lowest BCUT2D eigenvalue weighted by Crippen LogP contribution is -2.41. The van der Waals surface area contributed by atoms with Gasteiger partial charge in [-0.05, 0) is 44.5 Å². The molecule has 0 aliphatic carbocycles. The van der Waals surface area contributed by atoms with Crippen LogP contribution in [0.15, 0.2) is 48.5 Å². The zero-order valence-corrected chi connectivity index (χ0v) is 20.0. The van der Waals surface area contributed by atoms with Crippen molar-refractivity contribution < 1.29 is 19.1 Å². The Balaban J connectivity index is 1.72. The number of imidazole rings is 1. The topological polar surface area (TPSA) is 87.8 Å². The molecule has 8 nitrogen and oxygen atoms in total. The van der Waals surface area contributed by atoms with Crippen molar-refractivity contribution in [3.8, 4) is 12.3 Å². The number of nitrogens with zero attached hydrogens (tertiary/aromatic N) is 3. The van der Waals surface area contributed by atoms with Gasteiger partial charge in [0.15, 0.2) is 0 Å². The lowest BCUT2D eigenvalue weighted by molar-refractivity contribution is 0.0272. The fraction of sp³-hybridized carbons (Fsp3) is 0.346. The number of carbonyl (C=O) groups excluding carboxylic acids is 2. The molecular weight excluding hydrogens is 432 g/mol. The van der Waals surface area contributed by atoms with E-state index >= 15 is 0 Å². The van der Waals surface area contributed by atoms with Crippen molar-refractivity contribution in [2.45, 2.75) is 39.5 Å². The Hall–Kier alpha value is -3.99. The number of ether oxygens (including phenoxy) is 2. The predicted molar refractivity (Wildman–Crippen MR) is 130 cm³/mol. The van der Waals surface area contributed by atoms with Crippen LogP contribution in [0.5, 0.6) is 0 Å². The average Bonchev–Trinajstić information content (AvgIpc) is 3.21. The van der Waals surface area contributed by atoms with Crippen molar-refractivity contribution in [1.29, 1.82) is 0 Å². The molecule has 8 heteroatoms. The van der Waals surface area contributed by atoms with Crippen LogP contribution >= 0.6 is 0 Å². The highest BCUT2D eigenvalue weighted by atomic mass is 16.6. The van der Waals surface area contributed by atoms with Crippen LogP contribution in [-0.4, -0.2) is 57.7 Å². The van der Waals surface area contributed by atoms with Gasteiger partial charge >= 0.3 is 12.2 Å². The van der Waals surface area contributed by atoms with Gasteiger partial charge in [0.25, 0.3) is 0 Å². The van der Waals surface area contributed by atoms with Gasteiger partial charge in [0.1, 0.15) is 18.0 Å². The molecule has 0 unspecified atom stereocenters. The number of carbonyl (C=O) groups is 2. The van der Waals surface area contributed by atoms with E-state index in [1.807, 2.05) is 48.5 Å². The zero-order valence-electron chi connectivity index (χ0n) is 20.0. The fourth-order valence-electron chi connectivity index (χ4n) is 3.16. The Bertz CT molecular complexity index is 1170. The van der Waals surface area contributed by atoms with Crippen LogP contribution in [-0.2, 0) is 22.6 Å². The summed E-state index contributed by atoms with van der Waals surface area (Å²) in [5, 5.41) is 0. The predicted octanol–water partition coefficient (Wildman–Crippen LogP) is 4.55. The molecule has 2 amide bonds. The number of amides is 2. The third kappa shape index (κ3) is 7.01. The molecule has 0 aliphatic rings. The number of H-pyrrole nitrogens is 1. The summed E-state index contributed by atoms with van der Waals surface area (Å²) in [6, 6.07) is 14.9. The summed E-state index contributed by atoms with van der Waals surface area (Å²) in [4.78, 5) is 36.0. The SMILES string of the molecule is C#Cc1ccc2nc(CN(CCN(C)C(=O)OC(C)(C)C)C(=O)OCc3ccccc3)[nH]c2c1. The van der Waals surface area contributed by atoms with E-state index in [-0.39, 0.29) is 26.2 Å². The molecule has 3 aromatic rings. The largest absolute Gasteiger partial charge is 0.445 e. The van der Waals surface area contributed by atoms with Crippen LogP contribution in [0.2, 0.25) is 0 Å². The van der Waals surface area contributed by atoms with Crippen molar-refractivity contribution >= 4 is 23.2 Å². The highest BCUT2D eigenvalue weighted by molar-refractivity contribution is 5.77. The number of fused-ring (bicyclic) bond motifs is 1. The molecule has 0 radical (unpaired) electrons. The Morgan fingerprint density at radius 2 is 1.82 bits per heavy atom. The van der Waals surface area contributed by atoms with Crippen LogP contribution in [0.1, 0.15) is 37.7 Å². The second kappa shape index (κ2) is 10.8. The minimum absolute atomic E-state index is 0.143. The van der Waals surface area contributed by atoms with Crippen molar-refractivity contribution in [3.63, 3.8) is 0 Å². The molecule has 1 N–H and O–H groups in total. The molecule has 0 saturated carbocycles. The Morgan fingerprint density at radius 3 is 2.50 bits per heavy atom. The molecule has 0 fully saturated rings. The summed E-state index contributed by atoms with van der Waals surface area (Å²) >= 11 is 0. The van der Waals surface area contributed by atoms with E-state index in [0.29, 0.717) is 5.82 Å². The number of terminal acetylenes is 1. The number of aromatic amines is 1. The highest BCUT2D eigenvalue weighted by Gasteiger charge is 2.22. The van der Waals surface area contributed by atoms with E-state index in [2.05, 4.69) is 15.9 Å². The van der Waals surface area contributed by atoms with Gasteiger partial charge in [0.05, 0.1) is 17.6 Å². The molecule has 2 aromatic carbocycles. The van der Waals surface area contributed by atoms with E-state index in [9.17, 15) is 9.59 Å². The van der Waals surface area contributed by atoms with Crippen molar-refractivity contribution in [2.24, 2.45) is 0 Å². The molecule has 0 spiro atoms. The van der Waals surface area contributed by atoms with Crippen molar-refractivity contribution in [1.82, 2.24) is 19.8 Å². The van der Waals surface area contributed by atoms with Crippen LogP contribution in [0.3, 0.4) is 0 Å². The zero-order chi connectivity index (χ0) is 24.7. The average molecular weight is 463 g/mol. The van der Waals surface area contributed by atoms with Gasteiger partial charge in [-0.2, -0.15) is 0 Å². The third-order valence-corrected chi connectivity index (χ3v) is 4.91. The molecule has 34 heavy (non-hydrogen) atoms. The number of nitrogens with one attached hydrogen (secondary N) is 1. The minimum Gasteiger partial charge on any atom is -0.445 e. The molecule has 0 aliphatic heterocycles. The maximum absolute atomic E-state index is 12.9. The number of aromatic nitrogens is 2. The molecule has 178 valence electrons. The third-order valence-electron chi connectivity index (χ3n) is 4.91. The van der Waals surface area contributed by atoms with Gasteiger partial charge in [0.2, 0.25) is 0 Å². The first kappa shape index (κ1) is 24.6. The number of benzene rings is 2. The first-order valence-electron chi connectivity index (χ1n) is 11.0. The van der Waals surface area contributed by atoms with E-state index in [0.717, 1.165) is 22.2 Å². The molecule has 0 saturated heterocycles. The molecular formula is C26H30N4O4.